The first-order valence-corrected chi connectivity index (χ1v) is 4.34. The number of hydrogen-bond donors (Lipinski definition) is 0. The lowest BCUT2D eigenvalue weighted by Crippen LogP contribution is -1.85. The lowest BCUT2D eigenvalue weighted by molar-refractivity contribution is -0.109. The molecule has 2 rings (SSSR count). The van der Waals surface area contributed by atoms with Crippen molar-refractivity contribution in [1.82, 2.24) is 0 Å². The number of aldehydes is 1. The van der Waals surface area contributed by atoms with Gasteiger partial charge in [-0.2, -0.15) is 0 Å². The third kappa shape index (κ3) is 1.18. The van der Waals surface area contributed by atoms with E-state index in [4.69, 9.17) is 0 Å². The van der Waals surface area contributed by atoms with Gasteiger partial charge < -0.3 is 4.79 Å². The molecule has 2 atom stereocenters. The topological polar surface area (TPSA) is 17.1 Å². The van der Waals surface area contributed by atoms with Gasteiger partial charge >= 0.3 is 0 Å². The monoisotopic (exact) mass is 148 g/mol. The Morgan fingerprint density at radius 2 is 1.64 bits per heavy atom. The van der Waals surface area contributed by atoms with Crippen molar-refractivity contribution in [2.24, 2.45) is 17.8 Å². The van der Waals surface area contributed by atoms with Crippen LogP contribution in [0.3, 0.4) is 0 Å². The molecule has 0 amide bonds. The zero-order valence-corrected chi connectivity index (χ0v) is 6.55. The first-order valence-electron chi connectivity index (χ1n) is 4.34. The predicted molar refractivity (Wildman–Crippen MR) is 42.8 cm³/mol. The molecule has 1 fully saturated rings. The molecule has 0 bridgehead atoms. The zero-order chi connectivity index (χ0) is 7.68. The Morgan fingerprint density at radius 1 is 1.09 bits per heavy atom. The zero-order valence-electron chi connectivity index (χ0n) is 6.55. The second-order valence-electron chi connectivity index (χ2n) is 3.47. The van der Waals surface area contributed by atoms with Crippen LogP contribution < -0.4 is 0 Å². The van der Waals surface area contributed by atoms with Crippen molar-refractivity contribution in [3.05, 3.63) is 0 Å². The molecule has 0 radical (unpaired) electrons. The minimum Gasteiger partial charge on any atom is -0.303 e. The van der Waals surface area contributed by atoms with Crippen LogP contribution in [0.1, 0.15) is 25.7 Å². The SMILES string of the molecule is O=CC1[C@@H]2CCC#CCC[C@@H]12. The average molecular weight is 148 g/mol. The molecule has 0 heterocycles. The van der Waals surface area contributed by atoms with Crippen LogP contribution in [0.25, 0.3) is 0 Å². The van der Waals surface area contributed by atoms with Gasteiger partial charge in [-0.1, -0.05) is 0 Å². The largest absolute Gasteiger partial charge is 0.303 e. The standard InChI is InChI=1S/C10H12O/c11-7-10-8-5-3-1-2-4-6-9(8)10/h7-10H,3-6H2/t8-,9-/m1/s1. The van der Waals surface area contributed by atoms with Crippen molar-refractivity contribution in [2.75, 3.05) is 0 Å². The Bertz CT molecular complexity index is 203. The van der Waals surface area contributed by atoms with E-state index in [2.05, 4.69) is 11.8 Å². The van der Waals surface area contributed by atoms with Crippen molar-refractivity contribution >= 4 is 6.29 Å². The molecule has 0 aliphatic heterocycles. The maximum absolute atomic E-state index is 10.5. The van der Waals surface area contributed by atoms with Crippen molar-refractivity contribution in [2.45, 2.75) is 25.7 Å². The van der Waals surface area contributed by atoms with E-state index in [1.165, 1.54) is 0 Å². The molecule has 1 nitrogen and oxygen atoms in total. The summed E-state index contributed by atoms with van der Waals surface area (Å²) in [7, 11) is 0. The van der Waals surface area contributed by atoms with Crippen LogP contribution in [0.4, 0.5) is 0 Å². The van der Waals surface area contributed by atoms with Crippen LogP contribution in [-0.4, -0.2) is 6.29 Å². The van der Waals surface area contributed by atoms with E-state index in [9.17, 15) is 4.79 Å². The van der Waals surface area contributed by atoms with Crippen LogP contribution in [-0.2, 0) is 4.79 Å². The Kier molecular flexibility index (Phi) is 1.69. The maximum atomic E-state index is 10.5. The number of hydrogen-bond acceptors (Lipinski definition) is 1. The van der Waals surface area contributed by atoms with Gasteiger partial charge in [0.15, 0.2) is 0 Å². The molecule has 0 saturated heterocycles. The summed E-state index contributed by atoms with van der Waals surface area (Å²) in [5, 5.41) is 0. The molecular formula is C10H12O. The number of carbonyl (C=O) groups is 1. The Balaban J connectivity index is 1.98. The number of carbonyl (C=O) groups excluding carboxylic acids is 1. The Labute approximate surface area is 67.2 Å². The molecule has 0 aromatic carbocycles. The van der Waals surface area contributed by atoms with Gasteiger partial charge in [0, 0.05) is 18.8 Å². The highest BCUT2D eigenvalue weighted by Gasteiger charge is 2.48. The van der Waals surface area contributed by atoms with Gasteiger partial charge in [0.05, 0.1) is 0 Å². The highest BCUT2D eigenvalue weighted by Crippen LogP contribution is 2.50. The van der Waals surface area contributed by atoms with Gasteiger partial charge in [0.25, 0.3) is 0 Å². The molecule has 2 aliphatic carbocycles. The van der Waals surface area contributed by atoms with E-state index in [1.807, 2.05) is 0 Å². The number of fused-ring (bicyclic) bond motifs is 1. The summed E-state index contributed by atoms with van der Waals surface area (Å²) in [5.74, 6) is 8.02. The van der Waals surface area contributed by atoms with E-state index in [0.29, 0.717) is 17.8 Å². The summed E-state index contributed by atoms with van der Waals surface area (Å²) in [4.78, 5) is 10.5. The molecule has 0 spiro atoms. The van der Waals surface area contributed by atoms with Crippen LogP contribution in [0.2, 0.25) is 0 Å². The lowest BCUT2D eigenvalue weighted by Gasteiger charge is -1.96. The van der Waals surface area contributed by atoms with Crippen LogP contribution in [0.5, 0.6) is 0 Å². The molecule has 1 saturated carbocycles. The molecule has 1 heteroatoms. The second kappa shape index (κ2) is 2.70. The summed E-state index contributed by atoms with van der Waals surface area (Å²) in [5.41, 5.74) is 0. The molecule has 0 N–H and O–H groups in total. The minimum absolute atomic E-state index is 0.386. The van der Waals surface area contributed by atoms with Crippen LogP contribution in [0.15, 0.2) is 0 Å². The highest BCUT2D eigenvalue weighted by atomic mass is 16.1. The lowest BCUT2D eigenvalue weighted by atomic mass is 10.1. The number of rotatable bonds is 1. The van der Waals surface area contributed by atoms with E-state index in [0.717, 1.165) is 32.0 Å². The summed E-state index contributed by atoms with van der Waals surface area (Å²) < 4.78 is 0. The highest BCUT2D eigenvalue weighted by molar-refractivity contribution is 5.59. The van der Waals surface area contributed by atoms with E-state index in [-0.39, 0.29) is 0 Å². The normalized spacial score (nSPS) is 40.5. The Morgan fingerprint density at radius 3 is 2.09 bits per heavy atom. The van der Waals surface area contributed by atoms with Crippen LogP contribution >= 0.6 is 0 Å². The summed E-state index contributed by atoms with van der Waals surface area (Å²) in [6, 6.07) is 0. The first kappa shape index (κ1) is 6.91. The first-order chi connectivity index (χ1) is 5.43. The second-order valence-corrected chi connectivity index (χ2v) is 3.47. The molecular weight excluding hydrogens is 136 g/mol. The average Bonchev–Trinajstić information content (AvgIpc) is 2.60. The Hall–Kier alpha value is -0.770. The van der Waals surface area contributed by atoms with Crippen LogP contribution in [0, 0.1) is 29.6 Å². The third-order valence-corrected chi connectivity index (χ3v) is 2.89. The van der Waals surface area contributed by atoms with Crippen molar-refractivity contribution in [3.63, 3.8) is 0 Å². The smallest absolute Gasteiger partial charge is 0.123 e. The van der Waals surface area contributed by atoms with Crippen molar-refractivity contribution < 1.29 is 4.79 Å². The van der Waals surface area contributed by atoms with Crippen molar-refractivity contribution in [3.8, 4) is 11.8 Å². The van der Waals surface area contributed by atoms with Gasteiger partial charge in [-0.25, -0.2) is 0 Å². The summed E-state index contributed by atoms with van der Waals surface area (Å²) in [6.45, 7) is 0. The van der Waals surface area contributed by atoms with Gasteiger partial charge in [-0.3, -0.25) is 0 Å². The van der Waals surface area contributed by atoms with E-state index < -0.39 is 0 Å². The van der Waals surface area contributed by atoms with E-state index in [1.54, 1.807) is 0 Å². The molecule has 58 valence electrons. The summed E-state index contributed by atoms with van der Waals surface area (Å²) in [6.07, 6.45) is 5.46. The third-order valence-electron chi connectivity index (χ3n) is 2.89. The quantitative estimate of drug-likeness (QED) is 0.408. The van der Waals surface area contributed by atoms with Gasteiger partial charge in [-0.05, 0) is 24.7 Å². The molecule has 11 heavy (non-hydrogen) atoms. The van der Waals surface area contributed by atoms with E-state index >= 15 is 0 Å². The van der Waals surface area contributed by atoms with Gasteiger partial charge in [-0.15, -0.1) is 11.8 Å². The molecule has 2 aliphatic rings. The molecule has 0 unspecified atom stereocenters. The summed E-state index contributed by atoms with van der Waals surface area (Å²) >= 11 is 0. The fourth-order valence-electron chi connectivity index (χ4n) is 2.14. The van der Waals surface area contributed by atoms with Crippen molar-refractivity contribution in [1.29, 1.82) is 0 Å². The fourth-order valence-corrected chi connectivity index (χ4v) is 2.14. The molecule has 0 aromatic rings. The minimum atomic E-state index is 0.386. The van der Waals surface area contributed by atoms with Gasteiger partial charge in [0.2, 0.25) is 0 Å². The maximum Gasteiger partial charge on any atom is 0.123 e. The predicted octanol–water partition coefficient (Wildman–Crippen LogP) is 1.62. The molecule has 0 aromatic heterocycles. The fraction of sp³-hybridized carbons (Fsp3) is 0.700. The van der Waals surface area contributed by atoms with Gasteiger partial charge in [0.1, 0.15) is 6.29 Å².